The smallest absolute Gasteiger partial charge is 0.210 e. The van der Waals surface area contributed by atoms with E-state index in [4.69, 9.17) is 9.47 Å². The molecule has 0 radical (unpaired) electrons. The first-order valence-electron chi connectivity index (χ1n) is 4.01. The molecule has 0 fully saturated rings. The minimum Gasteiger partial charge on any atom is -0.347 e. The Morgan fingerprint density at radius 2 is 2.08 bits per heavy atom. The Kier molecular flexibility index (Phi) is 4.21. The lowest BCUT2D eigenvalue weighted by Gasteiger charge is -2.13. The first kappa shape index (κ1) is 9.64. The van der Waals surface area contributed by atoms with Gasteiger partial charge in [-0.15, -0.1) is 11.3 Å². The summed E-state index contributed by atoms with van der Waals surface area (Å²) in [6.07, 6.45) is 1.48. The molecule has 1 rings (SSSR count). The molecule has 4 heteroatoms. The van der Waals surface area contributed by atoms with Crippen molar-refractivity contribution in [3.8, 4) is 0 Å². The average Bonchev–Trinajstić information content (AvgIpc) is 2.56. The number of aromatic nitrogens is 1. The molecule has 0 unspecified atom stereocenters. The largest absolute Gasteiger partial charge is 0.347 e. The maximum absolute atomic E-state index is 5.35. The Bertz CT molecular complexity index is 195. The summed E-state index contributed by atoms with van der Waals surface area (Å²) >= 11 is 1.55. The van der Waals surface area contributed by atoms with Crippen LogP contribution in [0, 0.1) is 0 Å². The predicted octanol–water partition coefficient (Wildman–Crippen LogP) is 2.21. The predicted molar refractivity (Wildman–Crippen MR) is 48.1 cm³/mol. The van der Waals surface area contributed by atoms with Crippen LogP contribution in [0.15, 0.2) is 11.6 Å². The molecule has 0 amide bonds. The van der Waals surface area contributed by atoms with Crippen LogP contribution < -0.4 is 0 Å². The molecule has 1 aromatic heterocycles. The van der Waals surface area contributed by atoms with E-state index in [0.717, 1.165) is 5.01 Å². The second kappa shape index (κ2) is 5.24. The van der Waals surface area contributed by atoms with E-state index in [-0.39, 0.29) is 6.29 Å². The maximum atomic E-state index is 5.35. The third kappa shape index (κ3) is 2.55. The summed E-state index contributed by atoms with van der Waals surface area (Å²) in [4.78, 5) is 4.12. The van der Waals surface area contributed by atoms with Crippen LogP contribution in [0.1, 0.15) is 25.1 Å². The van der Waals surface area contributed by atoms with E-state index in [2.05, 4.69) is 4.98 Å². The van der Waals surface area contributed by atoms with Crippen molar-refractivity contribution in [2.24, 2.45) is 0 Å². The SMILES string of the molecule is CCOC(OCC)c1nccs1. The summed E-state index contributed by atoms with van der Waals surface area (Å²) in [5.74, 6) is 0. The normalized spacial score (nSPS) is 10.9. The Labute approximate surface area is 76.3 Å². The van der Waals surface area contributed by atoms with Gasteiger partial charge in [-0.3, -0.25) is 0 Å². The highest BCUT2D eigenvalue weighted by Gasteiger charge is 2.12. The van der Waals surface area contributed by atoms with Crippen LogP contribution in [0.4, 0.5) is 0 Å². The van der Waals surface area contributed by atoms with Crippen molar-refractivity contribution < 1.29 is 9.47 Å². The molecule has 0 atom stereocenters. The summed E-state index contributed by atoms with van der Waals surface area (Å²) < 4.78 is 10.7. The molecule has 0 aromatic carbocycles. The van der Waals surface area contributed by atoms with Gasteiger partial charge in [0.05, 0.1) is 0 Å². The molecular formula is C8H13NO2S. The van der Waals surface area contributed by atoms with E-state index in [1.54, 1.807) is 17.5 Å². The van der Waals surface area contributed by atoms with Crippen molar-refractivity contribution in [3.63, 3.8) is 0 Å². The third-order valence-electron chi connectivity index (χ3n) is 1.29. The minimum atomic E-state index is -0.278. The molecule has 0 saturated carbocycles. The Morgan fingerprint density at radius 1 is 1.42 bits per heavy atom. The summed E-state index contributed by atoms with van der Waals surface area (Å²) in [6, 6.07) is 0. The van der Waals surface area contributed by atoms with Gasteiger partial charge in [-0.2, -0.15) is 0 Å². The molecule has 0 spiro atoms. The number of thiazole rings is 1. The molecule has 68 valence electrons. The molecule has 0 aliphatic carbocycles. The zero-order valence-corrected chi connectivity index (χ0v) is 8.13. The maximum Gasteiger partial charge on any atom is 0.210 e. The fourth-order valence-corrected chi connectivity index (χ4v) is 1.47. The second-order valence-corrected chi connectivity index (χ2v) is 3.04. The van der Waals surface area contributed by atoms with Gasteiger partial charge in [0.15, 0.2) is 0 Å². The molecule has 0 aliphatic heterocycles. The first-order chi connectivity index (χ1) is 5.88. The molecule has 0 aliphatic rings. The fraction of sp³-hybridized carbons (Fsp3) is 0.625. The summed E-state index contributed by atoms with van der Waals surface area (Å²) in [5, 5.41) is 2.80. The summed E-state index contributed by atoms with van der Waals surface area (Å²) in [6.45, 7) is 5.17. The van der Waals surface area contributed by atoms with Gasteiger partial charge in [-0.25, -0.2) is 4.98 Å². The second-order valence-electron chi connectivity index (χ2n) is 2.11. The highest BCUT2D eigenvalue weighted by molar-refractivity contribution is 7.09. The van der Waals surface area contributed by atoms with Gasteiger partial charge in [0.2, 0.25) is 6.29 Å². The Hall–Kier alpha value is -0.450. The van der Waals surface area contributed by atoms with Crippen molar-refractivity contribution in [1.29, 1.82) is 0 Å². The number of hydrogen-bond donors (Lipinski definition) is 0. The van der Waals surface area contributed by atoms with Gasteiger partial charge in [-0.05, 0) is 13.8 Å². The van der Waals surface area contributed by atoms with Gasteiger partial charge in [0, 0.05) is 24.8 Å². The summed E-state index contributed by atoms with van der Waals surface area (Å²) in [7, 11) is 0. The monoisotopic (exact) mass is 187 g/mol. The lowest BCUT2D eigenvalue weighted by Crippen LogP contribution is -2.08. The lowest BCUT2D eigenvalue weighted by atomic mass is 10.6. The molecule has 12 heavy (non-hydrogen) atoms. The van der Waals surface area contributed by atoms with Gasteiger partial charge < -0.3 is 9.47 Å². The van der Waals surface area contributed by atoms with Crippen molar-refractivity contribution in [2.75, 3.05) is 13.2 Å². The zero-order chi connectivity index (χ0) is 8.81. The van der Waals surface area contributed by atoms with Gasteiger partial charge >= 0.3 is 0 Å². The average molecular weight is 187 g/mol. The Morgan fingerprint density at radius 3 is 2.50 bits per heavy atom. The molecule has 0 N–H and O–H groups in total. The van der Waals surface area contributed by atoms with Crippen molar-refractivity contribution in [2.45, 2.75) is 20.1 Å². The van der Waals surface area contributed by atoms with E-state index >= 15 is 0 Å². The van der Waals surface area contributed by atoms with Crippen LogP contribution in [-0.2, 0) is 9.47 Å². The van der Waals surface area contributed by atoms with E-state index in [1.165, 1.54) is 0 Å². The molecule has 1 heterocycles. The van der Waals surface area contributed by atoms with Crippen LogP contribution in [0.2, 0.25) is 0 Å². The zero-order valence-electron chi connectivity index (χ0n) is 7.32. The van der Waals surface area contributed by atoms with Crippen LogP contribution in [0.25, 0.3) is 0 Å². The number of ether oxygens (including phenoxy) is 2. The van der Waals surface area contributed by atoms with Crippen LogP contribution >= 0.6 is 11.3 Å². The number of nitrogens with zero attached hydrogens (tertiary/aromatic N) is 1. The van der Waals surface area contributed by atoms with Crippen molar-refractivity contribution in [3.05, 3.63) is 16.6 Å². The molecule has 0 saturated heterocycles. The molecular weight excluding hydrogens is 174 g/mol. The number of rotatable bonds is 5. The van der Waals surface area contributed by atoms with Crippen molar-refractivity contribution in [1.82, 2.24) is 4.98 Å². The highest BCUT2D eigenvalue weighted by atomic mass is 32.1. The van der Waals surface area contributed by atoms with Crippen LogP contribution in [0.3, 0.4) is 0 Å². The van der Waals surface area contributed by atoms with Gasteiger partial charge in [0.25, 0.3) is 0 Å². The fourth-order valence-electron chi connectivity index (χ4n) is 0.844. The minimum absolute atomic E-state index is 0.278. The van der Waals surface area contributed by atoms with E-state index in [9.17, 15) is 0 Å². The number of hydrogen-bond acceptors (Lipinski definition) is 4. The van der Waals surface area contributed by atoms with Crippen LogP contribution in [0.5, 0.6) is 0 Å². The highest BCUT2D eigenvalue weighted by Crippen LogP contribution is 2.20. The third-order valence-corrected chi connectivity index (χ3v) is 2.09. The van der Waals surface area contributed by atoms with E-state index in [1.807, 2.05) is 19.2 Å². The van der Waals surface area contributed by atoms with E-state index in [0.29, 0.717) is 13.2 Å². The quantitative estimate of drug-likeness (QED) is 0.662. The van der Waals surface area contributed by atoms with Gasteiger partial charge in [0.1, 0.15) is 5.01 Å². The molecule has 1 aromatic rings. The van der Waals surface area contributed by atoms with Gasteiger partial charge in [-0.1, -0.05) is 0 Å². The summed E-state index contributed by atoms with van der Waals surface area (Å²) in [5.41, 5.74) is 0. The lowest BCUT2D eigenvalue weighted by molar-refractivity contribution is -0.140. The standard InChI is InChI=1S/C8H13NO2S/c1-3-10-8(11-4-2)7-9-5-6-12-7/h5-6,8H,3-4H2,1-2H3. The topological polar surface area (TPSA) is 31.4 Å². The first-order valence-corrected chi connectivity index (χ1v) is 4.89. The Balaban J connectivity index is 2.53. The van der Waals surface area contributed by atoms with Crippen molar-refractivity contribution >= 4 is 11.3 Å². The molecule has 0 bridgehead atoms. The molecule has 3 nitrogen and oxygen atoms in total. The van der Waals surface area contributed by atoms with Crippen LogP contribution in [-0.4, -0.2) is 18.2 Å². The van der Waals surface area contributed by atoms with E-state index < -0.39 is 0 Å².